The van der Waals surface area contributed by atoms with Crippen LogP contribution in [0, 0.1) is 0 Å². The molecule has 0 aromatic heterocycles. The predicted octanol–water partition coefficient (Wildman–Crippen LogP) is 2.41. The molecule has 86 valence electrons. The lowest BCUT2D eigenvalue weighted by Crippen LogP contribution is -2.10. The molecule has 2 N–H and O–H groups in total. The Hall–Kier alpha value is 0.870. The van der Waals surface area contributed by atoms with E-state index < -0.39 is 0 Å². The van der Waals surface area contributed by atoms with Crippen LogP contribution in [0.1, 0.15) is 32.1 Å². The van der Waals surface area contributed by atoms with Crippen molar-refractivity contribution in [2.24, 2.45) is 5.73 Å². The van der Waals surface area contributed by atoms with Crippen molar-refractivity contribution in [1.82, 2.24) is 0 Å². The molecule has 0 saturated carbocycles. The number of hydrogen-bond donors (Lipinski definition) is 1. The first-order chi connectivity index (χ1) is 5.79. The van der Waals surface area contributed by atoms with E-state index in [4.69, 9.17) is 5.73 Å². The minimum atomic E-state index is -0.163. The van der Waals surface area contributed by atoms with Gasteiger partial charge in [-0.1, -0.05) is 28.0 Å². The molecule has 0 aromatic carbocycles. The van der Waals surface area contributed by atoms with Crippen molar-refractivity contribution in [1.29, 1.82) is 0 Å². The maximum Gasteiger partial charge on any atom is 0.217 e. The van der Waals surface area contributed by atoms with Crippen LogP contribution in [0.15, 0.2) is 0 Å². The van der Waals surface area contributed by atoms with Gasteiger partial charge in [-0.2, -0.15) is 27.0 Å². The lowest BCUT2D eigenvalue weighted by molar-refractivity contribution is -0.118. The van der Waals surface area contributed by atoms with Gasteiger partial charge in [0.05, 0.1) is 0 Å². The molecule has 0 spiro atoms. The van der Waals surface area contributed by atoms with E-state index in [0.717, 1.165) is 18.1 Å². The molecule has 1 fully saturated rings. The Morgan fingerprint density at radius 2 is 2.07 bits per heavy atom. The van der Waals surface area contributed by atoms with E-state index in [1.54, 1.807) is 0 Å². The number of amides is 1. The topological polar surface area (TPSA) is 43.1 Å². The molecular weight excluding hydrogens is 254 g/mol. The average molecular weight is 274 g/mol. The highest BCUT2D eigenvalue weighted by Crippen LogP contribution is 2.39. The highest BCUT2D eigenvalue weighted by molar-refractivity contribution is 8.77. The lowest BCUT2D eigenvalue weighted by atomic mass is 10.1. The van der Waals surface area contributed by atoms with Gasteiger partial charge in [0.15, 0.2) is 0 Å². The Morgan fingerprint density at radius 3 is 2.57 bits per heavy atom. The van der Waals surface area contributed by atoms with Crippen molar-refractivity contribution in [2.75, 3.05) is 5.75 Å². The predicted molar refractivity (Wildman–Crippen MR) is 76.9 cm³/mol. The summed E-state index contributed by atoms with van der Waals surface area (Å²) in [5.41, 5.74) is 5.04. The van der Waals surface area contributed by atoms with E-state index >= 15 is 0 Å². The fourth-order valence-electron chi connectivity index (χ4n) is 1.24. The van der Waals surface area contributed by atoms with E-state index in [2.05, 4.69) is 0 Å². The summed E-state index contributed by atoms with van der Waals surface area (Å²) in [5, 5.41) is 0.836. The van der Waals surface area contributed by atoms with Gasteiger partial charge in [-0.15, -0.1) is 0 Å². The first-order valence-corrected chi connectivity index (χ1v) is 6.74. The third-order valence-electron chi connectivity index (χ3n) is 1.93. The summed E-state index contributed by atoms with van der Waals surface area (Å²) in [7, 11) is 3.97. The van der Waals surface area contributed by atoms with Gasteiger partial charge in [0.25, 0.3) is 0 Å². The average Bonchev–Trinajstić information content (AvgIpc) is 2.49. The first kappa shape index (κ1) is 17.3. The van der Waals surface area contributed by atoms with E-state index in [0.29, 0.717) is 6.42 Å². The quantitative estimate of drug-likeness (QED) is 0.618. The molecule has 0 bridgehead atoms. The summed E-state index contributed by atoms with van der Waals surface area (Å²) in [4.78, 5) is 10.4. The number of nitrogens with two attached hydrogens (primary N) is 1. The van der Waals surface area contributed by atoms with Crippen molar-refractivity contribution in [3.8, 4) is 0 Å². The van der Waals surface area contributed by atoms with Gasteiger partial charge in [0, 0.05) is 17.4 Å². The van der Waals surface area contributed by atoms with Crippen molar-refractivity contribution < 1.29 is 4.79 Å². The largest absolute Gasteiger partial charge is 0.370 e. The summed E-state index contributed by atoms with van der Waals surface area (Å²) in [6.07, 6.45) is 5.28. The number of primary amides is 1. The molecule has 2 nitrogen and oxygen atoms in total. The monoisotopic (exact) mass is 273 g/mol. The molecule has 1 amide bonds. The normalized spacial score (nSPS) is 19.6. The summed E-state index contributed by atoms with van der Waals surface area (Å²) in [6, 6.07) is 0. The molecule has 6 heteroatoms. The molecule has 0 radical (unpaired) electrons. The maximum absolute atomic E-state index is 10.4. The third kappa shape index (κ3) is 8.20. The lowest BCUT2D eigenvalue weighted by Gasteiger charge is -2.05. The second kappa shape index (κ2) is 10.4. The zero-order valence-electron chi connectivity index (χ0n) is 8.12. The number of unbranched alkanes of at least 4 members (excludes halogenated alkanes) is 1. The van der Waals surface area contributed by atoms with Crippen LogP contribution in [0.3, 0.4) is 0 Å². The van der Waals surface area contributed by atoms with Gasteiger partial charge in [0.1, 0.15) is 0 Å². The summed E-state index contributed by atoms with van der Waals surface area (Å²) < 4.78 is 0. The third-order valence-corrected chi connectivity index (χ3v) is 4.93. The van der Waals surface area contributed by atoms with Gasteiger partial charge in [-0.25, -0.2) is 0 Å². The van der Waals surface area contributed by atoms with Gasteiger partial charge < -0.3 is 5.73 Å². The maximum atomic E-state index is 10.4. The number of carbonyl (C=O) groups excluding carboxylic acids is 1. The molecule has 1 heterocycles. The van der Waals surface area contributed by atoms with Gasteiger partial charge in [-0.05, 0) is 19.3 Å². The van der Waals surface area contributed by atoms with Crippen LogP contribution < -0.4 is 5.73 Å². The molecule has 0 aromatic rings. The van der Waals surface area contributed by atoms with Gasteiger partial charge in [-0.3, -0.25) is 4.79 Å². The highest BCUT2D eigenvalue weighted by Gasteiger charge is 2.15. The van der Waals surface area contributed by atoms with Crippen LogP contribution in [0.2, 0.25) is 0 Å². The van der Waals surface area contributed by atoms with Crippen molar-refractivity contribution >= 4 is 54.5 Å². The molecule has 1 aliphatic heterocycles. The fraction of sp³-hybridized carbons (Fsp3) is 0.875. The SMILES string of the molecule is NC(=O)CCCC[C@@H]1CCSS1.S.S. The molecule has 1 saturated heterocycles. The number of carbonyl (C=O) groups is 1. The Bertz CT molecular complexity index is 150. The molecule has 14 heavy (non-hydrogen) atoms. The zero-order chi connectivity index (χ0) is 8.81. The molecule has 0 aliphatic carbocycles. The number of hydrogen-bond acceptors (Lipinski definition) is 3. The summed E-state index contributed by atoms with van der Waals surface area (Å²) >= 11 is 0. The van der Waals surface area contributed by atoms with Crippen LogP contribution in [-0.2, 0) is 4.79 Å². The summed E-state index contributed by atoms with van der Waals surface area (Å²) in [5.74, 6) is 1.13. The van der Waals surface area contributed by atoms with Crippen LogP contribution in [-0.4, -0.2) is 16.9 Å². The van der Waals surface area contributed by atoms with Gasteiger partial charge in [0.2, 0.25) is 5.91 Å². The molecule has 1 atom stereocenters. The van der Waals surface area contributed by atoms with Crippen LogP contribution in [0.4, 0.5) is 0 Å². The summed E-state index contributed by atoms with van der Waals surface area (Å²) in [6.45, 7) is 0. The van der Waals surface area contributed by atoms with E-state index in [1.165, 1.54) is 18.6 Å². The second-order valence-electron chi connectivity index (χ2n) is 3.04. The van der Waals surface area contributed by atoms with E-state index in [1.807, 2.05) is 21.6 Å². The van der Waals surface area contributed by atoms with Crippen LogP contribution in [0.5, 0.6) is 0 Å². The van der Waals surface area contributed by atoms with Crippen molar-refractivity contribution in [2.45, 2.75) is 37.4 Å². The van der Waals surface area contributed by atoms with E-state index in [9.17, 15) is 4.79 Å². The Labute approximate surface area is 108 Å². The van der Waals surface area contributed by atoms with Crippen LogP contribution >= 0.6 is 48.6 Å². The molecule has 0 unspecified atom stereocenters. The Balaban J connectivity index is 0. The molecular formula is C8H19NOS4. The van der Waals surface area contributed by atoms with Gasteiger partial charge >= 0.3 is 0 Å². The van der Waals surface area contributed by atoms with Crippen molar-refractivity contribution in [3.05, 3.63) is 0 Å². The second-order valence-corrected chi connectivity index (χ2v) is 5.83. The Kier molecular flexibility index (Phi) is 12.8. The van der Waals surface area contributed by atoms with Crippen LogP contribution in [0.25, 0.3) is 0 Å². The fourth-order valence-corrected chi connectivity index (χ4v) is 4.26. The van der Waals surface area contributed by atoms with E-state index in [-0.39, 0.29) is 32.9 Å². The number of rotatable bonds is 5. The smallest absolute Gasteiger partial charge is 0.217 e. The first-order valence-electron chi connectivity index (χ1n) is 4.35. The zero-order valence-corrected chi connectivity index (χ0v) is 11.8. The molecule has 1 aliphatic rings. The Morgan fingerprint density at radius 1 is 1.36 bits per heavy atom. The minimum absolute atomic E-state index is 0. The highest BCUT2D eigenvalue weighted by atomic mass is 33.1. The molecule has 1 rings (SSSR count). The minimum Gasteiger partial charge on any atom is -0.370 e. The van der Waals surface area contributed by atoms with Crippen molar-refractivity contribution in [3.63, 3.8) is 0 Å². The standard InChI is InChI=1S/C8H15NOS2.2H2S/c9-8(10)4-2-1-3-7-5-6-11-12-7;;/h7H,1-6H2,(H2,9,10);2*1H2/t7-;;/m1../s1.